The van der Waals surface area contributed by atoms with Crippen LogP contribution in [0, 0.1) is 0 Å². The van der Waals surface area contributed by atoms with E-state index in [0.717, 1.165) is 5.69 Å². The summed E-state index contributed by atoms with van der Waals surface area (Å²) in [5, 5.41) is 11.9. The second kappa shape index (κ2) is 7.90. The average Bonchev–Trinajstić information content (AvgIpc) is 2.54. The molecular formula is C17H20Cl2NO3P. The van der Waals surface area contributed by atoms with Gasteiger partial charge in [0.15, 0.2) is 5.85 Å². The maximum atomic E-state index is 13.5. The van der Waals surface area contributed by atoms with Crippen LogP contribution in [0.25, 0.3) is 0 Å². The van der Waals surface area contributed by atoms with Gasteiger partial charge in [0.2, 0.25) is 0 Å². The Morgan fingerprint density at radius 2 is 1.79 bits per heavy atom. The fraction of sp³-hybridized carbons (Fsp3) is 0.294. The molecule has 130 valence electrons. The van der Waals surface area contributed by atoms with E-state index < -0.39 is 13.2 Å². The Bertz CT molecular complexity index is 750. The lowest BCUT2D eigenvalue weighted by Crippen LogP contribution is -2.16. The first-order chi connectivity index (χ1) is 11.3. The highest BCUT2D eigenvalue weighted by atomic mass is 35.5. The molecule has 2 rings (SSSR count). The number of halogens is 2. The molecule has 2 aromatic carbocycles. The smallest absolute Gasteiger partial charge is 0.264 e. The molecule has 0 amide bonds. The topological polar surface area (TPSA) is 49.8 Å². The minimum absolute atomic E-state index is 0.203. The molecule has 0 aliphatic rings. The van der Waals surface area contributed by atoms with Crippen molar-refractivity contribution in [2.75, 3.05) is 25.6 Å². The molecule has 2 atom stereocenters. The minimum Gasteiger partial charge on any atom is -0.378 e. The molecule has 0 heterocycles. The van der Waals surface area contributed by atoms with Crippen LogP contribution in [0.4, 0.5) is 5.69 Å². The summed E-state index contributed by atoms with van der Waals surface area (Å²) in [5.74, 6) is -1.37. The number of aliphatic hydroxyl groups is 1. The van der Waals surface area contributed by atoms with Gasteiger partial charge < -0.3 is 14.5 Å². The Morgan fingerprint density at radius 3 is 2.29 bits per heavy atom. The molecule has 2 aromatic rings. The predicted molar refractivity (Wildman–Crippen MR) is 101 cm³/mol. The van der Waals surface area contributed by atoms with Crippen molar-refractivity contribution in [3.8, 4) is 0 Å². The molecule has 0 bridgehead atoms. The number of aliphatic hydroxyl groups excluding tert-OH is 1. The molecular weight excluding hydrogens is 368 g/mol. The van der Waals surface area contributed by atoms with E-state index >= 15 is 0 Å². The van der Waals surface area contributed by atoms with Crippen LogP contribution < -0.4 is 10.2 Å². The molecule has 1 N–H and O–H groups in total. The molecule has 0 fully saturated rings. The SMILES string of the molecule is CCOP(=O)(c1ccc(N(C)C)cc1)C(O)c1ccc(Cl)cc1Cl. The Hall–Kier alpha value is -1.03. The minimum atomic E-state index is -3.57. The Morgan fingerprint density at radius 1 is 1.17 bits per heavy atom. The van der Waals surface area contributed by atoms with E-state index in [-0.39, 0.29) is 11.6 Å². The number of hydrogen-bond acceptors (Lipinski definition) is 4. The zero-order valence-corrected chi connectivity index (χ0v) is 16.1. The second-order valence-electron chi connectivity index (χ2n) is 5.47. The van der Waals surface area contributed by atoms with Gasteiger partial charge in [0.25, 0.3) is 7.37 Å². The first-order valence-electron chi connectivity index (χ1n) is 7.45. The molecule has 0 aliphatic heterocycles. The zero-order chi connectivity index (χ0) is 17.9. The van der Waals surface area contributed by atoms with Crippen molar-refractivity contribution in [3.05, 3.63) is 58.1 Å². The van der Waals surface area contributed by atoms with Gasteiger partial charge in [-0.25, -0.2) is 0 Å². The molecule has 4 nitrogen and oxygen atoms in total. The quantitative estimate of drug-likeness (QED) is 0.730. The predicted octanol–water partition coefficient (Wildman–Crippen LogP) is 4.69. The van der Waals surface area contributed by atoms with Crippen LogP contribution >= 0.6 is 30.6 Å². The first-order valence-corrected chi connectivity index (χ1v) is 9.89. The van der Waals surface area contributed by atoms with Crippen LogP contribution in [0.5, 0.6) is 0 Å². The van der Waals surface area contributed by atoms with Gasteiger partial charge in [-0.15, -0.1) is 0 Å². The third-order valence-corrected chi connectivity index (χ3v) is 6.75. The number of benzene rings is 2. The van der Waals surface area contributed by atoms with E-state index in [9.17, 15) is 9.67 Å². The normalized spacial score (nSPS) is 14.9. The van der Waals surface area contributed by atoms with Crippen molar-refractivity contribution in [1.82, 2.24) is 0 Å². The van der Waals surface area contributed by atoms with Crippen LogP contribution in [0.2, 0.25) is 10.0 Å². The third-order valence-electron chi connectivity index (χ3n) is 3.61. The second-order valence-corrected chi connectivity index (χ2v) is 8.77. The van der Waals surface area contributed by atoms with Gasteiger partial charge >= 0.3 is 0 Å². The Kier molecular flexibility index (Phi) is 6.35. The van der Waals surface area contributed by atoms with E-state index in [1.807, 2.05) is 31.1 Å². The van der Waals surface area contributed by atoms with E-state index in [0.29, 0.717) is 15.9 Å². The highest BCUT2D eigenvalue weighted by Crippen LogP contribution is 2.58. The van der Waals surface area contributed by atoms with Crippen molar-refractivity contribution in [3.63, 3.8) is 0 Å². The van der Waals surface area contributed by atoms with Gasteiger partial charge in [-0.2, -0.15) is 0 Å². The summed E-state index contributed by atoms with van der Waals surface area (Å²) >= 11 is 12.0. The van der Waals surface area contributed by atoms with Gasteiger partial charge in [-0.1, -0.05) is 29.3 Å². The monoisotopic (exact) mass is 387 g/mol. The molecule has 7 heteroatoms. The highest BCUT2D eigenvalue weighted by molar-refractivity contribution is 7.67. The third kappa shape index (κ3) is 3.96. The van der Waals surface area contributed by atoms with E-state index in [2.05, 4.69) is 0 Å². The summed E-state index contributed by atoms with van der Waals surface area (Å²) in [7, 11) is 0.265. The maximum absolute atomic E-state index is 13.5. The van der Waals surface area contributed by atoms with Gasteiger partial charge in [0.05, 0.1) is 6.61 Å². The fourth-order valence-electron chi connectivity index (χ4n) is 2.33. The molecule has 0 spiro atoms. The van der Waals surface area contributed by atoms with Crippen molar-refractivity contribution < 1.29 is 14.2 Å². The van der Waals surface area contributed by atoms with Gasteiger partial charge in [-0.05, 0) is 43.3 Å². The first kappa shape index (κ1) is 19.3. The maximum Gasteiger partial charge on any atom is 0.264 e. The van der Waals surface area contributed by atoms with Gasteiger partial charge in [0, 0.05) is 40.7 Å². The van der Waals surface area contributed by atoms with Crippen LogP contribution in [-0.2, 0) is 9.09 Å². The van der Waals surface area contributed by atoms with Crippen molar-refractivity contribution >= 4 is 41.6 Å². The highest BCUT2D eigenvalue weighted by Gasteiger charge is 2.37. The Balaban J connectivity index is 2.47. The van der Waals surface area contributed by atoms with Crippen molar-refractivity contribution in [2.45, 2.75) is 12.8 Å². The fourth-order valence-corrected chi connectivity index (χ4v) is 5.03. The summed E-state index contributed by atoms with van der Waals surface area (Å²) in [6, 6.07) is 11.7. The van der Waals surface area contributed by atoms with Crippen LogP contribution in [0.15, 0.2) is 42.5 Å². The van der Waals surface area contributed by atoms with Gasteiger partial charge in [0.1, 0.15) is 0 Å². The van der Waals surface area contributed by atoms with Crippen LogP contribution in [0.1, 0.15) is 18.3 Å². The standard InChI is InChI=1S/C17H20Cl2NO3P/c1-4-23-24(22,14-8-6-13(7-9-14)20(2)3)17(21)15-10-5-12(18)11-16(15)19/h5-11,17,21H,4H2,1-3H3. The van der Waals surface area contributed by atoms with Gasteiger partial charge in [-0.3, -0.25) is 4.57 Å². The summed E-state index contributed by atoms with van der Waals surface area (Å²) in [6.07, 6.45) is 0. The summed E-state index contributed by atoms with van der Waals surface area (Å²) in [4.78, 5) is 1.93. The molecule has 0 saturated heterocycles. The Labute approximate surface area is 152 Å². The molecule has 0 radical (unpaired) electrons. The average molecular weight is 388 g/mol. The largest absolute Gasteiger partial charge is 0.378 e. The van der Waals surface area contributed by atoms with E-state index in [1.54, 1.807) is 31.2 Å². The lowest BCUT2D eigenvalue weighted by Gasteiger charge is -2.25. The number of hydrogen-bond donors (Lipinski definition) is 1. The van der Waals surface area contributed by atoms with E-state index in [4.69, 9.17) is 27.7 Å². The van der Waals surface area contributed by atoms with Crippen molar-refractivity contribution in [1.29, 1.82) is 0 Å². The number of anilines is 1. The number of nitrogens with zero attached hydrogens (tertiary/aromatic N) is 1. The zero-order valence-electron chi connectivity index (χ0n) is 13.7. The lowest BCUT2D eigenvalue weighted by atomic mass is 10.2. The molecule has 24 heavy (non-hydrogen) atoms. The molecule has 0 aliphatic carbocycles. The van der Waals surface area contributed by atoms with Crippen molar-refractivity contribution in [2.24, 2.45) is 0 Å². The van der Waals surface area contributed by atoms with Crippen LogP contribution in [-0.4, -0.2) is 25.8 Å². The molecule has 0 aromatic heterocycles. The molecule has 0 saturated carbocycles. The van der Waals surface area contributed by atoms with E-state index in [1.165, 1.54) is 6.07 Å². The number of rotatable bonds is 6. The lowest BCUT2D eigenvalue weighted by molar-refractivity contribution is 0.218. The molecule has 2 unspecified atom stereocenters. The summed E-state index contributed by atoms with van der Waals surface area (Å²) < 4.78 is 19.0. The summed E-state index contributed by atoms with van der Waals surface area (Å²) in [6.45, 7) is 1.94. The van der Waals surface area contributed by atoms with Crippen LogP contribution in [0.3, 0.4) is 0 Å². The summed E-state index contributed by atoms with van der Waals surface area (Å²) in [5.41, 5.74) is 1.29.